The van der Waals surface area contributed by atoms with Crippen LogP contribution in [0.4, 0.5) is 5.69 Å². The van der Waals surface area contributed by atoms with Gasteiger partial charge in [-0.15, -0.1) is 0 Å². The van der Waals surface area contributed by atoms with Crippen LogP contribution in [0.3, 0.4) is 0 Å². The zero-order valence-corrected chi connectivity index (χ0v) is 14.6. The molecule has 2 aromatic rings. The first kappa shape index (κ1) is 18.6. The van der Waals surface area contributed by atoms with E-state index in [4.69, 9.17) is 25.8 Å². The number of hydrogen-bond acceptors (Lipinski definition) is 5. The summed E-state index contributed by atoms with van der Waals surface area (Å²) in [5.41, 5.74) is 1.30. The van der Waals surface area contributed by atoms with Gasteiger partial charge in [0.15, 0.2) is 13.2 Å². The van der Waals surface area contributed by atoms with Crippen molar-refractivity contribution in [3.8, 4) is 11.5 Å². The van der Waals surface area contributed by atoms with Crippen molar-refractivity contribution in [2.45, 2.75) is 6.92 Å². The Hall–Kier alpha value is -2.73. The molecule has 1 N–H and O–H groups in total. The van der Waals surface area contributed by atoms with E-state index in [0.29, 0.717) is 22.2 Å². The maximum atomic E-state index is 11.9. The number of amides is 1. The van der Waals surface area contributed by atoms with Crippen molar-refractivity contribution in [3.63, 3.8) is 0 Å². The lowest BCUT2D eigenvalue weighted by molar-refractivity contribution is -0.149. The van der Waals surface area contributed by atoms with Crippen LogP contribution in [0.15, 0.2) is 42.5 Å². The second-order valence-corrected chi connectivity index (χ2v) is 5.54. The Labute approximate surface area is 150 Å². The Morgan fingerprint density at radius 1 is 1.08 bits per heavy atom. The van der Waals surface area contributed by atoms with E-state index >= 15 is 0 Å². The maximum Gasteiger partial charge on any atom is 0.344 e. The number of halogens is 1. The third-order valence-electron chi connectivity index (χ3n) is 3.23. The number of benzene rings is 2. The van der Waals surface area contributed by atoms with Crippen molar-refractivity contribution in [3.05, 3.63) is 53.1 Å². The van der Waals surface area contributed by atoms with Crippen LogP contribution in [-0.2, 0) is 14.3 Å². The Balaban J connectivity index is 1.78. The van der Waals surface area contributed by atoms with Crippen LogP contribution in [-0.4, -0.2) is 32.2 Å². The Morgan fingerprint density at radius 3 is 2.56 bits per heavy atom. The van der Waals surface area contributed by atoms with Crippen LogP contribution in [0.25, 0.3) is 0 Å². The van der Waals surface area contributed by atoms with E-state index in [0.717, 1.165) is 5.56 Å². The number of anilines is 1. The van der Waals surface area contributed by atoms with E-state index in [9.17, 15) is 9.59 Å². The molecule has 0 spiro atoms. The number of nitrogens with one attached hydrogen (secondary N) is 1. The first-order chi connectivity index (χ1) is 12.0. The van der Waals surface area contributed by atoms with E-state index in [1.165, 1.54) is 7.11 Å². The normalized spacial score (nSPS) is 10.0. The highest BCUT2D eigenvalue weighted by Gasteiger charge is 2.11. The molecule has 0 atom stereocenters. The van der Waals surface area contributed by atoms with E-state index in [1.54, 1.807) is 42.5 Å². The van der Waals surface area contributed by atoms with Gasteiger partial charge < -0.3 is 19.5 Å². The number of carbonyl (C=O) groups is 2. The fraction of sp³-hybridized carbons (Fsp3) is 0.222. The van der Waals surface area contributed by atoms with Gasteiger partial charge in [-0.25, -0.2) is 4.79 Å². The maximum absolute atomic E-state index is 11.9. The van der Waals surface area contributed by atoms with Gasteiger partial charge in [-0.3, -0.25) is 4.79 Å². The molecule has 0 unspecified atom stereocenters. The summed E-state index contributed by atoms with van der Waals surface area (Å²) in [7, 11) is 1.50. The second kappa shape index (κ2) is 8.94. The van der Waals surface area contributed by atoms with E-state index in [1.807, 2.05) is 6.92 Å². The average Bonchev–Trinajstić information content (AvgIpc) is 2.59. The summed E-state index contributed by atoms with van der Waals surface area (Å²) in [6.45, 7) is 1.09. The first-order valence-electron chi connectivity index (χ1n) is 7.47. The fourth-order valence-electron chi connectivity index (χ4n) is 2.03. The van der Waals surface area contributed by atoms with Crippen LogP contribution >= 0.6 is 11.6 Å². The molecule has 0 aromatic heterocycles. The molecule has 0 saturated carbocycles. The van der Waals surface area contributed by atoms with Crippen LogP contribution in [0, 0.1) is 6.92 Å². The number of ether oxygens (including phenoxy) is 3. The summed E-state index contributed by atoms with van der Waals surface area (Å²) in [5, 5.41) is 3.19. The molecule has 0 radical (unpaired) electrons. The van der Waals surface area contributed by atoms with Gasteiger partial charge in [-0.1, -0.05) is 23.7 Å². The minimum absolute atomic E-state index is 0.301. The molecule has 25 heavy (non-hydrogen) atoms. The highest BCUT2D eigenvalue weighted by atomic mass is 35.5. The molecule has 132 valence electrons. The van der Waals surface area contributed by atoms with Crippen molar-refractivity contribution < 1.29 is 23.8 Å². The molecular weight excluding hydrogens is 346 g/mol. The zero-order chi connectivity index (χ0) is 18.2. The predicted octanol–water partition coefficient (Wildman–Crippen LogP) is 3.22. The van der Waals surface area contributed by atoms with E-state index in [-0.39, 0.29) is 6.61 Å². The Morgan fingerprint density at radius 2 is 1.84 bits per heavy atom. The van der Waals surface area contributed by atoms with Crippen molar-refractivity contribution >= 4 is 29.2 Å². The number of rotatable bonds is 7. The third-order valence-corrected chi connectivity index (χ3v) is 3.46. The van der Waals surface area contributed by atoms with Crippen LogP contribution < -0.4 is 14.8 Å². The number of carbonyl (C=O) groups excluding carboxylic acids is 2. The monoisotopic (exact) mass is 363 g/mol. The lowest BCUT2D eigenvalue weighted by Crippen LogP contribution is -2.24. The van der Waals surface area contributed by atoms with Gasteiger partial charge in [0.25, 0.3) is 5.91 Å². The zero-order valence-electron chi connectivity index (χ0n) is 13.9. The standard InChI is InChI=1S/C18H18ClNO5/c1-12-9-13(19)7-8-15(12)24-11-18(22)25-10-17(21)20-14-5-3-4-6-16(14)23-2/h3-9H,10-11H2,1-2H3,(H,20,21). The smallest absolute Gasteiger partial charge is 0.344 e. The summed E-state index contributed by atoms with van der Waals surface area (Å²) in [4.78, 5) is 23.5. The van der Waals surface area contributed by atoms with Crippen LogP contribution in [0.2, 0.25) is 5.02 Å². The number of aryl methyl sites for hydroxylation is 1. The minimum atomic E-state index is -0.649. The lowest BCUT2D eigenvalue weighted by atomic mass is 10.2. The largest absolute Gasteiger partial charge is 0.495 e. The molecule has 7 heteroatoms. The molecule has 0 aliphatic rings. The van der Waals surface area contributed by atoms with Crippen molar-refractivity contribution in [1.82, 2.24) is 0 Å². The molecular formula is C18H18ClNO5. The number of esters is 1. The SMILES string of the molecule is COc1ccccc1NC(=O)COC(=O)COc1ccc(Cl)cc1C. The van der Waals surface area contributed by atoms with E-state index < -0.39 is 18.5 Å². The van der Waals surface area contributed by atoms with Gasteiger partial charge >= 0.3 is 5.97 Å². The third kappa shape index (κ3) is 5.69. The molecule has 0 bridgehead atoms. The van der Waals surface area contributed by atoms with Gasteiger partial charge in [0.05, 0.1) is 12.8 Å². The van der Waals surface area contributed by atoms with Gasteiger partial charge in [0.1, 0.15) is 11.5 Å². The van der Waals surface area contributed by atoms with Gasteiger partial charge in [-0.05, 0) is 42.8 Å². The van der Waals surface area contributed by atoms with Gasteiger partial charge in [0, 0.05) is 5.02 Å². The molecule has 2 aromatic carbocycles. The summed E-state index contributed by atoms with van der Waals surface area (Å²) in [5.74, 6) is -0.0754. The van der Waals surface area contributed by atoms with Crippen LogP contribution in [0.5, 0.6) is 11.5 Å². The van der Waals surface area contributed by atoms with Crippen LogP contribution in [0.1, 0.15) is 5.56 Å². The first-order valence-corrected chi connectivity index (χ1v) is 7.85. The van der Waals surface area contributed by atoms with Crippen molar-refractivity contribution in [1.29, 1.82) is 0 Å². The summed E-state index contributed by atoms with van der Waals surface area (Å²) in [6, 6.07) is 12.0. The predicted molar refractivity (Wildman–Crippen MR) is 94.3 cm³/mol. The molecule has 1 amide bonds. The molecule has 6 nitrogen and oxygen atoms in total. The quantitative estimate of drug-likeness (QED) is 0.764. The molecule has 0 heterocycles. The average molecular weight is 364 g/mol. The summed E-state index contributed by atoms with van der Waals surface area (Å²) < 4.78 is 15.4. The highest BCUT2D eigenvalue weighted by Crippen LogP contribution is 2.23. The molecule has 0 fully saturated rings. The van der Waals surface area contributed by atoms with Gasteiger partial charge in [0.2, 0.25) is 0 Å². The molecule has 0 saturated heterocycles. The highest BCUT2D eigenvalue weighted by molar-refractivity contribution is 6.30. The van der Waals surface area contributed by atoms with Crippen molar-refractivity contribution in [2.75, 3.05) is 25.6 Å². The number of methoxy groups -OCH3 is 1. The molecule has 2 rings (SSSR count). The van der Waals surface area contributed by atoms with Crippen molar-refractivity contribution in [2.24, 2.45) is 0 Å². The number of hydrogen-bond donors (Lipinski definition) is 1. The molecule has 0 aliphatic heterocycles. The fourth-order valence-corrected chi connectivity index (χ4v) is 2.26. The number of para-hydroxylation sites is 2. The summed E-state index contributed by atoms with van der Waals surface area (Å²) in [6.07, 6.45) is 0. The lowest BCUT2D eigenvalue weighted by Gasteiger charge is -2.11. The molecule has 0 aliphatic carbocycles. The topological polar surface area (TPSA) is 73.9 Å². The second-order valence-electron chi connectivity index (χ2n) is 5.11. The minimum Gasteiger partial charge on any atom is -0.495 e. The van der Waals surface area contributed by atoms with E-state index in [2.05, 4.69) is 5.32 Å². The Kier molecular flexibility index (Phi) is 6.65. The Bertz CT molecular complexity index is 763. The summed E-state index contributed by atoms with van der Waals surface area (Å²) >= 11 is 5.85. The van der Waals surface area contributed by atoms with Gasteiger partial charge in [-0.2, -0.15) is 0 Å².